The van der Waals surface area contributed by atoms with Gasteiger partial charge in [-0.3, -0.25) is 9.78 Å². The number of halogens is 1. The molecule has 2 aromatic heterocycles. The summed E-state index contributed by atoms with van der Waals surface area (Å²) in [5.74, 6) is 0.501. The van der Waals surface area contributed by atoms with Gasteiger partial charge >= 0.3 is 0 Å². The number of amides is 1. The summed E-state index contributed by atoms with van der Waals surface area (Å²) in [5.41, 5.74) is 4.12. The van der Waals surface area contributed by atoms with Gasteiger partial charge in [0.25, 0.3) is 0 Å². The molecule has 2 N–H and O–H groups in total. The Balaban J connectivity index is 1.62. The lowest BCUT2D eigenvalue weighted by Crippen LogP contribution is -2.30. The quantitative estimate of drug-likeness (QED) is 0.265. The van der Waals surface area contributed by atoms with Crippen molar-refractivity contribution in [3.8, 4) is 11.4 Å². The second kappa shape index (κ2) is 10.8. The predicted octanol–water partition coefficient (Wildman–Crippen LogP) is 6.31. The van der Waals surface area contributed by atoms with Gasteiger partial charge in [0.2, 0.25) is 5.91 Å². The molecule has 4 aromatic rings. The molecule has 1 amide bonds. The number of methoxy groups -OCH3 is 1. The average molecular weight is 546 g/mol. The molecule has 1 fully saturated rings. The monoisotopic (exact) mass is 545 g/mol. The summed E-state index contributed by atoms with van der Waals surface area (Å²) in [7, 11) is 1.67. The maximum atomic E-state index is 12.3. The molecule has 194 valence electrons. The summed E-state index contributed by atoms with van der Waals surface area (Å²) < 4.78 is 7.78. The molecular formula is C29H28ClN5O2S. The van der Waals surface area contributed by atoms with E-state index in [1.54, 1.807) is 13.3 Å². The zero-order valence-corrected chi connectivity index (χ0v) is 22.8. The Morgan fingerprint density at radius 3 is 2.61 bits per heavy atom. The minimum Gasteiger partial charge on any atom is -0.495 e. The van der Waals surface area contributed by atoms with Gasteiger partial charge in [0.1, 0.15) is 11.8 Å². The number of ether oxygens (including phenoxy) is 1. The Bertz CT molecular complexity index is 1470. The van der Waals surface area contributed by atoms with Crippen molar-refractivity contribution in [3.05, 3.63) is 102 Å². The van der Waals surface area contributed by atoms with Crippen LogP contribution in [0.1, 0.15) is 37.3 Å². The summed E-state index contributed by atoms with van der Waals surface area (Å²) in [5, 5.41) is 7.35. The van der Waals surface area contributed by atoms with Crippen LogP contribution in [0, 0.1) is 5.92 Å². The molecule has 5 rings (SSSR count). The van der Waals surface area contributed by atoms with E-state index in [1.165, 1.54) is 0 Å². The highest BCUT2D eigenvalue weighted by Gasteiger charge is 2.42. The van der Waals surface area contributed by atoms with Gasteiger partial charge in [-0.05, 0) is 66.8 Å². The number of hydrogen-bond donors (Lipinski definition) is 2. The van der Waals surface area contributed by atoms with Crippen LogP contribution in [0.3, 0.4) is 0 Å². The van der Waals surface area contributed by atoms with E-state index in [2.05, 4.69) is 31.2 Å². The van der Waals surface area contributed by atoms with Crippen LogP contribution in [0.4, 0.5) is 11.4 Å². The van der Waals surface area contributed by atoms with Crippen molar-refractivity contribution in [1.82, 2.24) is 14.9 Å². The van der Waals surface area contributed by atoms with Gasteiger partial charge in [-0.15, -0.1) is 0 Å². The molecule has 0 bridgehead atoms. The summed E-state index contributed by atoms with van der Waals surface area (Å²) in [6.07, 6.45) is 3.79. The summed E-state index contributed by atoms with van der Waals surface area (Å²) >= 11 is 12.5. The molecule has 0 unspecified atom stereocenters. The SMILES string of the molecule is COc1ccccc1-n1cccc1[C@@H]1[C@@H](c2ccccn2)NC(=S)N1c1ccc(NC(=O)C(C)C)c(Cl)c1. The standard InChI is InChI=1S/C29H28ClN5O2S/c1-18(2)28(36)32-21-14-13-19(17-20(21)30)35-27(26(33-29(35)38)22-9-6-7-15-31-22)24-11-8-16-34(24)23-10-4-5-12-25(23)37-3/h4-18,26-27H,1-3H3,(H,32,36)(H,33,38)/t26-,27-/m1/s1. The lowest BCUT2D eigenvalue weighted by atomic mass is 10.0. The Hall–Kier alpha value is -3.88. The Morgan fingerprint density at radius 1 is 1.11 bits per heavy atom. The van der Waals surface area contributed by atoms with Crippen LogP contribution in [0.25, 0.3) is 5.69 Å². The summed E-state index contributed by atoms with van der Waals surface area (Å²) in [6.45, 7) is 3.68. The van der Waals surface area contributed by atoms with Crippen LogP contribution in [-0.4, -0.2) is 27.7 Å². The largest absolute Gasteiger partial charge is 0.495 e. The molecule has 1 aliphatic heterocycles. The van der Waals surface area contributed by atoms with Crippen molar-refractivity contribution in [2.75, 3.05) is 17.3 Å². The van der Waals surface area contributed by atoms with Crippen molar-refractivity contribution in [1.29, 1.82) is 0 Å². The second-order valence-corrected chi connectivity index (χ2v) is 10.1. The number of thiocarbonyl (C=S) groups is 1. The third-order valence-electron chi connectivity index (χ3n) is 6.54. The Morgan fingerprint density at radius 2 is 1.89 bits per heavy atom. The molecule has 7 nitrogen and oxygen atoms in total. The first-order chi connectivity index (χ1) is 18.4. The minimum atomic E-state index is -0.260. The van der Waals surface area contributed by atoms with Crippen molar-refractivity contribution in [3.63, 3.8) is 0 Å². The first kappa shape index (κ1) is 25.8. The number of pyridine rings is 1. The van der Waals surface area contributed by atoms with E-state index in [9.17, 15) is 4.79 Å². The van der Waals surface area contributed by atoms with Crippen molar-refractivity contribution < 1.29 is 9.53 Å². The molecule has 3 heterocycles. The van der Waals surface area contributed by atoms with Gasteiger partial charge in [-0.25, -0.2) is 0 Å². The Labute approximate surface area is 232 Å². The van der Waals surface area contributed by atoms with Crippen LogP contribution in [-0.2, 0) is 4.79 Å². The molecule has 38 heavy (non-hydrogen) atoms. The summed E-state index contributed by atoms with van der Waals surface area (Å²) in [6, 6.07) is 22.9. The van der Waals surface area contributed by atoms with Crippen LogP contribution in [0.5, 0.6) is 5.75 Å². The normalized spacial score (nSPS) is 17.0. The number of aromatic nitrogens is 2. The molecule has 1 saturated heterocycles. The van der Waals surface area contributed by atoms with Gasteiger partial charge in [-0.1, -0.05) is 43.6 Å². The maximum absolute atomic E-state index is 12.3. The molecule has 2 aromatic carbocycles. The highest BCUT2D eigenvalue weighted by Crippen LogP contribution is 2.44. The molecular weight excluding hydrogens is 518 g/mol. The predicted molar refractivity (Wildman–Crippen MR) is 155 cm³/mol. The van der Waals surface area contributed by atoms with Crippen LogP contribution in [0.2, 0.25) is 5.02 Å². The fourth-order valence-electron chi connectivity index (χ4n) is 4.65. The van der Waals surface area contributed by atoms with E-state index in [0.717, 1.165) is 28.5 Å². The van der Waals surface area contributed by atoms with E-state index in [-0.39, 0.29) is 23.9 Å². The molecule has 9 heteroatoms. The lowest BCUT2D eigenvalue weighted by Gasteiger charge is -2.29. The van der Waals surface area contributed by atoms with Gasteiger partial charge < -0.3 is 24.8 Å². The van der Waals surface area contributed by atoms with Crippen molar-refractivity contribution in [2.45, 2.75) is 25.9 Å². The molecule has 0 aliphatic carbocycles. The number of benzene rings is 2. The zero-order valence-electron chi connectivity index (χ0n) is 21.3. The fourth-order valence-corrected chi connectivity index (χ4v) is 5.22. The van der Waals surface area contributed by atoms with Crippen LogP contribution in [0.15, 0.2) is 85.2 Å². The number of carbonyl (C=O) groups excluding carboxylic acids is 1. The van der Waals surface area contributed by atoms with Crippen molar-refractivity contribution >= 4 is 46.2 Å². The van der Waals surface area contributed by atoms with Gasteiger partial charge in [0, 0.05) is 29.7 Å². The first-order valence-corrected chi connectivity index (χ1v) is 13.1. The fraction of sp³-hybridized carbons (Fsp3) is 0.207. The molecule has 0 spiro atoms. The van der Waals surface area contributed by atoms with E-state index in [4.69, 9.17) is 28.6 Å². The minimum absolute atomic E-state index is 0.0965. The third kappa shape index (κ3) is 4.85. The van der Waals surface area contributed by atoms with Crippen LogP contribution >= 0.6 is 23.8 Å². The Kier molecular flexibility index (Phi) is 7.35. The number of nitrogens with one attached hydrogen (secondary N) is 2. The van der Waals surface area contributed by atoms with Gasteiger partial charge in [0.05, 0.1) is 35.2 Å². The van der Waals surface area contributed by atoms with E-state index >= 15 is 0 Å². The number of carbonyl (C=O) groups is 1. The highest BCUT2D eigenvalue weighted by atomic mass is 35.5. The first-order valence-electron chi connectivity index (χ1n) is 12.3. The van der Waals surface area contributed by atoms with E-state index in [0.29, 0.717) is 15.8 Å². The van der Waals surface area contributed by atoms with Gasteiger partial charge in [0.15, 0.2) is 5.11 Å². The number of anilines is 2. The molecule has 0 radical (unpaired) electrons. The topological polar surface area (TPSA) is 71.4 Å². The molecule has 1 aliphatic rings. The lowest BCUT2D eigenvalue weighted by molar-refractivity contribution is -0.118. The third-order valence-corrected chi connectivity index (χ3v) is 7.17. The summed E-state index contributed by atoms with van der Waals surface area (Å²) in [4.78, 5) is 19.0. The second-order valence-electron chi connectivity index (χ2n) is 9.28. The van der Waals surface area contributed by atoms with E-state index in [1.807, 2.05) is 86.8 Å². The number of rotatable bonds is 7. The number of nitrogens with zero attached hydrogens (tertiary/aromatic N) is 3. The van der Waals surface area contributed by atoms with Crippen LogP contribution < -0.4 is 20.3 Å². The van der Waals surface area contributed by atoms with E-state index < -0.39 is 0 Å². The molecule has 2 atom stereocenters. The number of hydrogen-bond acceptors (Lipinski definition) is 4. The number of para-hydroxylation sites is 2. The average Bonchev–Trinajstić information content (AvgIpc) is 3.54. The zero-order chi connectivity index (χ0) is 26.8. The molecule has 0 saturated carbocycles. The smallest absolute Gasteiger partial charge is 0.226 e. The highest BCUT2D eigenvalue weighted by molar-refractivity contribution is 7.80. The maximum Gasteiger partial charge on any atom is 0.226 e. The van der Waals surface area contributed by atoms with Gasteiger partial charge in [-0.2, -0.15) is 0 Å². The van der Waals surface area contributed by atoms with Crippen molar-refractivity contribution in [2.24, 2.45) is 5.92 Å².